The van der Waals surface area contributed by atoms with Gasteiger partial charge in [-0.3, -0.25) is 9.59 Å². The third-order valence-electron chi connectivity index (χ3n) is 3.49. The molecule has 0 spiro atoms. The first kappa shape index (κ1) is 24.0. The summed E-state index contributed by atoms with van der Waals surface area (Å²) in [5, 5.41) is 20.2. The number of hydrogen-bond acceptors (Lipinski definition) is 5. The van der Waals surface area contributed by atoms with Crippen LogP contribution < -0.4 is 10.1 Å². The van der Waals surface area contributed by atoms with E-state index in [1.165, 1.54) is 0 Å². The molecule has 0 saturated heterocycles. The highest BCUT2D eigenvalue weighted by Gasteiger charge is 2.06. The van der Waals surface area contributed by atoms with Crippen LogP contribution >= 0.6 is 0 Å². The third-order valence-corrected chi connectivity index (χ3v) is 3.49. The van der Waals surface area contributed by atoms with Gasteiger partial charge >= 0.3 is 5.97 Å². The molecule has 0 atom stereocenters. The number of carbonyl (C=O) groups is 2. The molecule has 0 aromatic heterocycles. The molecular weight excluding hydrogens is 382 g/mol. The first-order valence-electron chi connectivity index (χ1n) is 8.92. The lowest BCUT2D eigenvalue weighted by atomic mass is 10.2. The van der Waals surface area contributed by atoms with Crippen LogP contribution in [0.25, 0.3) is 12.2 Å². The van der Waals surface area contributed by atoms with Gasteiger partial charge in [0, 0.05) is 5.69 Å². The number of amides is 1. The monoisotopic (exact) mass is 407 g/mol. The molecule has 0 aliphatic carbocycles. The molecule has 0 saturated carbocycles. The second kappa shape index (κ2) is 12.4. The Kier molecular flexibility index (Phi) is 9.92. The number of esters is 1. The Hall–Kier alpha value is -4.06. The molecular formula is C24H25NO5. The third kappa shape index (κ3) is 9.75. The predicted molar refractivity (Wildman–Crippen MR) is 120 cm³/mol. The molecule has 3 N–H and O–H groups in total. The molecule has 156 valence electrons. The quantitative estimate of drug-likeness (QED) is 0.308. The maximum absolute atomic E-state index is 11.2. The molecule has 0 bridgehead atoms. The number of ether oxygens (including phenoxy) is 1. The lowest BCUT2D eigenvalue weighted by molar-refractivity contribution is -0.134. The van der Waals surface area contributed by atoms with Crippen LogP contribution in [-0.2, 0) is 9.59 Å². The minimum Gasteiger partial charge on any atom is -0.512 e. The summed E-state index contributed by atoms with van der Waals surface area (Å²) in [5.74, 6) is -0.729. The molecule has 0 fully saturated rings. The SMILES string of the molecule is C=Cc1ccc(NC(=O)CC(=C)O)cc1.C=Cc1ccc(OC(=O)CC(=C)O)cc1. The summed E-state index contributed by atoms with van der Waals surface area (Å²) in [6.45, 7) is 13.7. The molecule has 0 aliphatic heterocycles. The van der Waals surface area contributed by atoms with Crippen LogP contribution in [0.15, 0.2) is 86.4 Å². The van der Waals surface area contributed by atoms with E-state index in [0.717, 1.165) is 11.1 Å². The summed E-state index contributed by atoms with van der Waals surface area (Å²) in [5.41, 5.74) is 2.62. The van der Waals surface area contributed by atoms with Gasteiger partial charge in [0.1, 0.15) is 12.2 Å². The van der Waals surface area contributed by atoms with Gasteiger partial charge in [0.2, 0.25) is 5.91 Å². The Bertz CT molecular complexity index is 834. The zero-order valence-electron chi connectivity index (χ0n) is 16.6. The highest BCUT2D eigenvalue weighted by atomic mass is 16.5. The molecule has 30 heavy (non-hydrogen) atoms. The van der Waals surface area contributed by atoms with Crippen LogP contribution in [-0.4, -0.2) is 22.1 Å². The van der Waals surface area contributed by atoms with Gasteiger partial charge in [-0.15, -0.1) is 0 Å². The van der Waals surface area contributed by atoms with Crippen molar-refractivity contribution in [2.45, 2.75) is 12.8 Å². The first-order chi connectivity index (χ1) is 14.2. The molecule has 1 amide bonds. The van der Waals surface area contributed by atoms with E-state index in [4.69, 9.17) is 14.9 Å². The van der Waals surface area contributed by atoms with E-state index in [1.54, 1.807) is 48.6 Å². The second-order valence-corrected chi connectivity index (χ2v) is 6.11. The number of benzene rings is 2. The zero-order valence-corrected chi connectivity index (χ0v) is 16.6. The van der Waals surface area contributed by atoms with Crippen LogP contribution in [0, 0.1) is 0 Å². The van der Waals surface area contributed by atoms with Gasteiger partial charge in [0.15, 0.2) is 0 Å². The average Bonchev–Trinajstić information content (AvgIpc) is 2.68. The molecule has 0 unspecified atom stereocenters. The fourth-order valence-corrected chi connectivity index (χ4v) is 2.10. The summed E-state index contributed by atoms with van der Waals surface area (Å²) in [4.78, 5) is 22.3. The lowest BCUT2D eigenvalue weighted by Crippen LogP contribution is -2.11. The van der Waals surface area contributed by atoms with E-state index < -0.39 is 5.97 Å². The van der Waals surface area contributed by atoms with Crippen molar-refractivity contribution in [3.63, 3.8) is 0 Å². The van der Waals surface area contributed by atoms with Crippen LogP contribution in [0.1, 0.15) is 24.0 Å². The Morgan fingerprint density at radius 2 is 1.30 bits per heavy atom. The number of nitrogens with one attached hydrogen (secondary N) is 1. The van der Waals surface area contributed by atoms with E-state index in [1.807, 2.05) is 12.1 Å². The summed E-state index contributed by atoms with van der Waals surface area (Å²) in [6.07, 6.45) is 3.15. The largest absolute Gasteiger partial charge is 0.512 e. The van der Waals surface area contributed by atoms with Gasteiger partial charge < -0.3 is 20.3 Å². The minimum absolute atomic E-state index is 0.0801. The van der Waals surface area contributed by atoms with Crippen LogP contribution in [0.4, 0.5) is 5.69 Å². The number of hydrogen-bond donors (Lipinski definition) is 3. The molecule has 0 aliphatic rings. The van der Waals surface area contributed by atoms with Crippen LogP contribution in [0.5, 0.6) is 5.75 Å². The van der Waals surface area contributed by atoms with Crippen LogP contribution in [0.2, 0.25) is 0 Å². The molecule has 0 heterocycles. The normalized spacial score (nSPS) is 9.33. The zero-order chi connectivity index (χ0) is 22.5. The van der Waals surface area contributed by atoms with Crippen molar-refractivity contribution in [2.75, 3.05) is 5.32 Å². The van der Waals surface area contributed by atoms with Crippen LogP contribution in [0.3, 0.4) is 0 Å². The highest BCUT2D eigenvalue weighted by Crippen LogP contribution is 2.14. The Balaban J connectivity index is 0.000000300. The van der Waals surface area contributed by atoms with E-state index in [0.29, 0.717) is 11.4 Å². The fraction of sp³-hybridized carbons (Fsp3) is 0.0833. The topological polar surface area (TPSA) is 95.9 Å². The van der Waals surface area contributed by atoms with E-state index in [2.05, 4.69) is 31.6 Å². The Morgan fingerprint density at radius 3 is 1.73 bits per heavy atom. The average molecular weight is 407 g/mol. The number of aliphatic hydroxyl groups excluding tert-OH is 2. The van der Waals surface area contributed by atoms with Crippen molar-refractivity contribution in [2.24, 2.45) is 0 Å². The van der Waals surface area contributed by atoms with Crippen molar-refractivity contribution in [1.82, 2.24) is 0 Å². The fourth-order valence-electron chi connectivity index (χ4n) is 2.10. The van der Waals surface area contributed by atoms with Gasteiger partial charge in [-0.05, 0) is 35.4 Å². The van der Waals surface area contributed by atoms with Gasteiger partial charge in [-0.1, -0.05) is 62.7 Å². The van der Waals surface area contributed by atoms with Crippen molar-refractivity contribution in [3.05, 3.63) is 97.5 Å². The summed E-state index contributed by atoms with van der Waals surface area (Å²) in [7, 11) is 0. The highest BCUT2D eigenvalue weighted by molar-refractivity contribution is 5.92. The smallest absolute Gasteiger partial charge is 0.318 e. The second-order valence-electron chi connectivity index (χ2n) is 6.11. The Morgan fingerprint density at radius 1 is 0.833 bits per heavy atom. The predicted octanol–water partition coefficient (Wildman–Crippen LogP) is 5.43. The Labute approximate surface area is 176 Å². The minimum atomic E-state index is -0.533. The van der Waals surface area contributed by atoms with E-state index in [-0.39, 0.29) is 30.3 Å². The molecule has 0 radical (unpaired) electrons. The van der Waals surface area contributed by atoms with Gasteiger partial charge in [-0.25, -0.2) is 0 Å². The number of rotatable bonds is 8. The van der Waals surface area contributed by atoms with Crippen molar-refractivity contribution in [3.8, 4) is 5.75 Å². The number of carbonyl (C=O) groups excluding carboxylic acids is 2. The molecule has 2 aromatic carbocycles. The summed E-state index contributed by atoms with van der Waals surface area (Å²) < 4.78 is 4.93. The summed E-state index contributed by atoms with van der Waals surface area (Å²) >= 11 is 0. The molecule has 2 rings (SSSR count). The maximum atomic E-state index is 11.2. The summed E-state index contributed by atoms with van der Waals surface area (Å²) in [6, 6.07) is 14.1. The molecule has 6 nitrogen and oxygen atoms in total. The first-order valence-corrected chi connectivity index (χ1v) is 8.92. The van der Waals surface area contributed by atoms with Gasteiger partial charge in [0.25, 0.3) is 0 Å². The number of aliphatic hydroxyl groups is 2. The lowest BCUT2D eigenvalue weighted by Gasteiger charge is -2.04. The van der Waals surface area contributed by atoms with Gasteiger partial charge in [0.05, 0.1) is 17.9 Å². The molecule has 6 heteroatoms. The molecule has 2 aromatic rings. The maximum Gasteiger partial charge on any atom is 0.318 e. The van der Waals surface area contributed by atoms with Crippen molar-refractivity contribution < 1.29 is 24.5 Å². The van der Waals surface area contributed by atoms with Crippen molar-refractivity contribution >= 4 is 29.7 Å². The van der Waals surface area contributed by atoms with Crippen molar-refractivity contribution in [1.29, 1.82) is 0 Å². The number of anilines is 1. The van der Waals surface area contributed by atoms with Gasteiger partial charge in [-0.2, -0.15) is 0 Å². The van der Waals surface area contributed by atoms with E-state index >= 15 is 0 Å². The standard InChI is InChI=1S/C12H13NO2.C12H12O3/c1-3-10-4-6-11(7-5-10)13-12(15)8-9(2)14;1-3-10-4-6-11(7-5-10)15-12(14)8-9(2)13/h3-7,14H,1-2,8H2,(H,13,15);3-7,13H,1-2,8H2. The van der Waals surface area contributed by atoms with E-state index in [9.17, 15) is 9.59 Å².